The van der Waals surface area contributed by atoms with Crippen molar-refractivity contribution in [1.82, 2.24) is 5.32 Å². The van der Waals surface area contributed by atoms with E-state index in [9.17, 15) is 0 Å². The number of rotatable bonds is 9. The summed E-state index contributed by atoms with van der Waals surface area (Å²) in [4.78, 5) is 0. The van der Waals surface area contributed by atoms with Gasteiger partial charge < -0.3 is 14.5 Å². The minimum Gasteiger partial charge on any atom is -0.468 e. The van der Waals surface area contributed by atoms with Crippen LogP contribution in [0, 0.1) is 0 Å². The molecule has 19 heavy (non-hydrogen) atoms. The highest BCUT2D eigenvalue weighted by Crippen LogP contribution is 2.13. The minimum atomic E-state index is 0.102. The Labute approximate surface area is 117 Å². The normalized spacial score (nSPS) is 12.0. The molecule has 1 N–H and O–H groups in total. The lowest BCUT2D eigenvalue weighted by atomic mass is 10.1. The van der Waals surface area contributed by atoms with Crippen LogP contribution in [0.3, 0.4) is 0 Å². The Bertz CT molecular complexity index is 339. The molecule has 0 spiro atoms. The number of ether oxygens (including phenoxy) is 1. The smallest absolute Gasteiger partial charge is 0.123 e. The van der Waals surface area contributed by atoms with E-state index >= 15 is 0 Å². The Morgan fingerprint density at radius 2 is 2.00 bits per heavy atom. The lowest BCUT2D eigenvalue weighted by molar-refractivity contribution is 0.115. The monoisotopic (exact) mass is 267 g/mol. The van der Waals surface area contributed by atoms with Crippen LogP contribution in [-0.4, -0.2) is 12.1 Å². The van der Waals surface area contributed by atoms with Crippen LogP contribution in [0.25, 0.3) is 0 Å². The maximum absolute atomic E-state index is 5.71. The minimum absolute atomic E-state index is 0.102. The van der Waals surface area contributed by atoms with Gasteiger partial charge in [-0.2, -0.15) is 0 Å². The first-order valence-corrected chi connectivity index (χ1v) is 7.41. The van der Waals surface area contributed by atoms with Gasteiger partial charge in [-0.15, -0.1) is 0 Å². The fourth-order valence-corrected chi connectivity index (χ4v) is 1.81. The predicted molar refractivity (Wildman–Crippen MR) is 79.1 cm³/mol. The van der Waals surface area contributed by atoms with Crippen LogP contribution in [0.5, 0.6) is 0 Å². The van der Waals surface area contributed by atoms with Gasteiger partial charge in [-0.05, 0) is 33.3 Å². The fourth-order valence-electron chi connectivity index (χ4n) is 1.81. The zero-order chi connectivity index (χ0) is 14.1. The lowest BCUT2D eigenvalue weighted by Crippen LogP contribution is -2.35. The summed E-state index contributed by atoms with van der Waals surface area (Å²) in [5, 5.41) is 3.43. The van der Waals surface area contributed by atoms with E-state index in [1.807, 2.05) is 6.07 Å². The van der Waals surface area contributed by atoms with Crippen molar-refractivity contribution in [3.05, 3.63) is 23.7 Å². The molecule has 3 nitrogen and oxygen atoms in total. The Morgan fingerprint density at radius 1 is 1.21 bits per heavy atom. The number of hydrogen-bond donors (Lipinski definition) is 1. The van der Waals surface area contributed by atoms with Gasteiger partial charge in [0, 0.05) is 17.7 Å². The van der Waals surface area contributed by atoms with Gasteiger partial charge in [0.2, 0.25) is 0 Å². The number of unbranched alkanes of at least 4 members (excludes halogenated alkanes) is 3. The van der Waals surface area contributed by atoms with Crippen LogP contribution in [0.1, 0.15) is 64.7 Å². The third-order valence-corrected chi connectivity index (χ3v) is 3.02. The molecule has 110 valence electrons. The zero-order valence-corrected chi connectivity index (χ0v) is 12.9. The van der Waals surface area contributed by atoms with E-state index in [0.29, 0.717) is 6.61 Å². The van der Waals surface area contributed by atoms with Crippen LogP contribution in [-0.2, 0) is 17.9 Å². The maximum atomic E-state index is 5.71. The van der Waals surface area contributed by atoms with Crippen LogP contribution in [0.4, 0.5) is 0 Å². The van der Waals surface area contributed by atoms with Gasteiger partial charge >= 0.3 is 0 Å². The molecule has 0 fully saturated rings. The maximum Gasteiger partial charge on any atom is 0.123 e. The molecule has 0 atom stereocenters. The Balaban J connectivity index is 2.25. The largest absolute Gasteiger partial charge is 0.468 e. The number of hydrogen-bond acceptors (Lipinski definition) is 3. The third-order valence-electron chi connectivity index (χ3n) is 3.02. The SMILES string of the molecule is CCCCCCOCc1ccoc1CNC(C)(C)C. The summed E-state index contributed by atoms with van der Waals surface area (Å²) in [6.45, 7) is 10.9. The van der Waals surface area contributed by atoms with E-state index in [-0.39, 0.29) is 5.54 Å². The Hall–Kier alpha value is -0.800. The van der Waals surface area contributed by atoms with E-state index in [2.05, 4.69) is 33.0 Å². The third kappa shape index (κ3) is 7.38. The van der Waals surface area contributed by atoms with E-state index in [0.717, 1.165) is 30.9 Å². The van der Waals surface area contributed by atoms with Crippen molar-refractivity contribution < 1.29 is 9.15 Å². The van der Waals surface area contributed by atoms with Gasteiger partial charge in [-0.3, -0.25) is 0 Å². The molecule has 0 aliphatic carbocycles. The number of furan rings is 1. The van der Waals surface area contributed by atoms with Crippen molar-refractivity contribution in [3.8, 4) is 0 Å². The molecule has 0 bridgehead atoms. The highest BCUT2D eigenvalue weighted by molar-refractivity contribution is 5.16. The van der Waals surface area contributed by atoms with E-state index in [4.69, 9.17) is 9.15 Å². The molecule has 0 aliphatic heterocycles. The van der Waals surface area contributed by atoms with Gasteiger partial charge in [0.05, 0.1) is 19.4 Å². The van der Waals surface area contributed by atoms with E-state index < -0.39 is 0 Å². The molecule has 1 rings (SSSR count). The number of nitrogens with one attached hydrogen (secondary N) is 1. The average molecular weight is 267 g/mol. The van der Waals surface area contributed by atoms with Crippen molar-refractivity contribution in [3.63, 3.8) is 0 Å². The highest BCUT2D eigenvalue weighted by Gasteiger charge is 2.12. The molecule has 0 unspecified atom stereocenters. The molecule has 0 aromatic carbocycles. The van der Waals surface area contributed by atoms with E-state index in [1.54, 1.807) is 6.26 Å². The summed E-state index contributed by atoms with van der Waals surface area (Å²) < 4.78 is 11.2. The standard InChI is InChI=1S/C16H29NO2/c1-5-6-7-8-10-18-13-14-9-11-19-15(14)12-17-16(2,3)4/h9,11,17H,5-8,10,12-13H2,1-4H3. The van der Waals surface area contributed by atoms with Crippen LogP contribution < -0.4 is 5.32 Å². The Kier molecular flexibility index (Phi) is 7.17. The molecule has 1 heterocycles. The molecular formula is C16H29NO2. The molecule has 0 saturated carbocycles. The molecule has 0 radical (unpaired) electrons. The van der Waals surface area contributed by atoms with Gasteiger partial charge in [0.25, 0.3) is 0 Å². The van der Waals surface area contributed by atoms with Crippen molar-refractivity contribution in [2.45, 2.75) is 72.1 Å². The second-order valence-corrected chi connectivity index (χ2v) is 6.09. The molecular weight excluding hydrogens is 238 g/mol. The first-order chi connectivity index (χ1) is 9.03. The van der Waals surface area contributed by atoms with Gasteiger partial charge in [0.1, 0.15) is 5.76 Å². The summed E-state index contributed by atoms with van der Waals surface area (Å²) in [5.74, 6) is 0.989. The fraction of sp³-hybridized carbons (Fsp3) is 0.750. The lowest BCUT2D eigenvalue weighted by Gasteiger charge is -2.20. The second kappa shape index (κ2) is 8.39. The molecule has 0 aliphatic rings. The quantitative estimate of drug-likeness (QED) is 0.679. The van der Waals surface area contributed by atoms with Crippen molar-refractivity contribution >= 4 is 0 Å². The van der Waals surface area contributed by atoms with Crippen molar-refractivity contribution in [2.24, 2.45) is 0 Å². The molecule has 1 aromatic heterocycles. The van der Waals surface area contributed by atoms with Crippen LogP contribution in [0.2, 0.25) is 0 Å². The van der Waals surface area contributed by atoms with Gasteiger partial charge in [-0.25, -0.2) is 0 Å². The molecule has 0 amide bonds. The summed E-state index contributed by atoms with van der Waals surface area (Å²) in [6.07, 6.45) is 6.73. The van der Waals surface area contributed by atoms with E-state index in [1.165, 1.54) is 19.3 Å². The first-order valence-electron chi connectivity index (χ1n) is 7.41. The summed E-state index contributed by atoms with van der Waals surface area (Å²) >= 11 is 0. The predicted octanol–water partition coefficient (Wildman–Crippen LogP) is 4.26. The van der Waals surface area contributed by atoms with Gasteiger partial charge in [-0.1, -0.05) is 26.2 Å². The molecule has 3 heteroatoms. The first kappa shape index (κ1) is 16.3. The second-order valence-electron chi connectivity index (χ2n) is 6.09. The van der Waals surface area contributed by atoms with Crippen molar-refractivity contribution in [1.29, 1.82) is 0 Å². The summed E-state index contributed by atoms with van der Waals surface area (Å²) in [7, 11) is 0. The molecule has 1 aromatic rings. The summed E-state index contributed by atoms with van der Waals surface area (Å²) in [6, 6.07) is 2.01. The summed E-state index contributed by atoms with van der Waals surface area (Å²) in [5.41, 5.74) is 1.26. The average Bonchev–Trinajstić information content (AvgIpc) is 2.78. The zero-order valence-electron chi connectivity index (χ0n) is 12.9. The van der Waals surface area contributed by atoms with Crippen LogP contribution in [0.15, 0.2) is 16.7 Å². The van der Waals surface area contributed by atoms with Crippen LogP contribution >= 0.6 is 0 Å². The van der Waals surface area contributed by atoms with Gasteiger partial charge in [0.15, 0.2) is 0 Å². The Morgan fingerprint density at radius 3 is 2.68 bits per heavy atom. The highest BCUT2D eigenvalue weighted by atomic mass is 16.5. The van der Waals surface area contributed by atoms with Crippen molar-refractivity contribution in [2.75, 3.05) is 6.61 Å². The molecule has 0 saturated heterocycles. The topological polar surface area (TPSA) is 34.4 Å².